The number of aryl methyl sites for hydroxylation is 1. The highest BCUT2D eigenvalue weighted by atomic mass is 79.9. The number of benzene rings is 1. The fraction of sp³-hybridized carbons (Fsp3) is 0.154. The Morgan fingerprint density at radius 1 is 1.29 bits per heavy atom. The molecule has 0 aliphatic heterocycles. The van der Waals surface area contributed by atoms with Crippen LogP contribution in [-0.2, 0) is 6.61 Å². The van der Waals surface area contributed by atoms with Gasteiger partial charge in [0.25, 0.3) is 0 Å². The van der Waals surface area contributed by atoms with Crippen molar-refractivity contribution in [1.29, 1.82) is 0 Å². The number of halogens is 1. The summed E-state index contributed by atoms with van der Waals surface area (Å²) in [4.78, 5) is 4.10. The van der Waals surface area contributed by atoms with Gasteiger partial charge in [0.15, 0.2) is 0 Å². The second-order valence-electron chi connectivity index (χ2n) is 3.67. The van der Waals surface area contributed by atoms with Gasteiger partial charge in [0.1, 0.15) is 5.75 Å². The Hall–Kier alpha value is -1.39. The zero-order valence-corrected chi connectivity index (χ0v) is 10.9. The number of rotatable bonds is 3. The molecule has 17 heavy (non-hydrogen) atoms. The van der Waals surface area contributed by atoms with Crippen molar-refractivity contribution in [3.05, 3.63) is 52.1 Å². The quantitative estimate of drug-likeness (QED) is 0.943. The van der Waals surface area contributed by atoms with Crippen LogP contribution in [0.4, 0.5) is 0 Å². The Morgan fingerprint density at radius 3 is 2.82 bits per heavy atom. The van der Waals surface area contributed by atoms with Crippen LogP contribution in [0.25, 0.3) is 0 Å². The minimum Gasteiger partial charge on any atom is -0.439 e. The van der Waals surface area contributed by atoms with Crippen molar-refractivity contribution in [3.63, 3.8) is 0 Å². The Morgan fingerprint density at radius 2 is 2.12 bits per heavy atom. The van der Waals surface area contributed by atoms with Crippen molar-refractivity contribution >= 4 is 15.9 Å². The summed E-state index contributed by atoms with van der Waals surface area (Å²) in [7, 11) is 0. The van der Waals surface area contributed by atoms with E-state index in [1.165, 1.54) is 0 Å². The van der Waals surface area contributed by atoms with Crippen LogP contribution in [0.1, 0.15) is 11.1 Å². The van der Waals surface area contributed by atoms with E-state index in [1.807, 2.05) is 25.1 Å². The molecule has 1 N–H and O–H groups in total. The summed E-state index contributed by atoms with van der Waals surface area (Å²) in [5.74, 6) is 1.25. The molecular weight excluding hydrogens is 282 g/mol. The van der Waals surface area contributed by atoms with Gasteiger partial charge in [-0.25, -0.2) is 4.98 Å². The minimum atomic E-state index is -0.0157. The average Bonchev–Trinajstić information content (AvgIpc) is 2.33. The molecule has 0 spiro atoms. The molecule has 0 amide bonds. The molecule has 1 heterocycles. The van der Waals surface area contributed by atoms with Gasteiger partial charge in [-0.15, -0.1) is 0 Å². The summed E-state index contributed by atoms with van der Waals surface area (Å²) < 4.78 is 6.68. The van der Waals surface area contributed by atoms with E-state index >= 15 is 0 Å². The topological polar surface area (TPSA) is 42.4 Å². The Labute approximate surface area is 108 Å². The summed E-state index contributed by atoms with van der Waals surface area (Å²) >= 11 is 3.40. The first-order valence-corrected chi connectivity index (χ1v) is 5.98. The van der Waals surface area contributed by atoms with Crippen LogP contribution >= 0.6 is 15.9 Å². The van der Waals surface area contributed by atoms with Crippen LogP contribution in [0.2, 0.25) is 0 Å². The number of aromatic nitrogens is 1. The lowest BCUT2D eigenvalue weighted by atomic mass is 10.2. The second kappa shape index (κ2) is 5.29. The van der Waals surface area contributed by atoms with E-state index in [0.717, 1.165) is 21.3 Å². The predicted molar refractivity (Wildman–Crippen MR) is 69.1 cm³/mol. The second-order valence-corrected chi connectivity index (χ2v) is 4.59. The molecule has 2 aromatic rings. The van der Waals surface area contributed by atoms with E-state index in [2.05, 4.69) is 20.9 Å². The summed E-state index contributed by atoms with van der Waals surface area (Å²) in [5, 5.41) is 9.03. The molecule has 1 aromatic carbocycles. The maximum absolute atomic E-state index is 9.03. The van der Waals surface area contributed by atoms with Gasteiger partial charge in [-0.3, -0.25) is 0 Å². The van der Waals surface area contributed by atoms with E-state index in [-0.39, 0.29) is 6.61 Å². The molecule has 88 valence electrons. The third-order valence-electron chi connectivity index (χ3n) is 2.33. The van der Waals surface area contributed by atoms with Gasteiger partial charge < -0.3 is 9.84 Å². The summed E-state index contributed by atoms with van der Waals surface area (Å²) in [6, 6.07) is 9.25. The van der Waals surface area contributed by atoms with Crippen molar-refractivity contribution < 1.29 is 9.84 Å². The first-order valence-electron chi connectivity index (χ1n) is 5.19. The summed E-state index contributed by atoms with van der Waals surface area (Å²) in [5.41, 5.74) is 1.81. The Bertz CT molecular complexity index is 529. The first-order chi connectivity index (χ1) is 8.19. The van der Waals surface area contributed by atoms with Crippen LogP contribution < -0.4 is 4.74 Å². The molecule has 1 aromatic heterocycles. The molecule has 3 nitrogen and oxygen atoms in total. The van der Waals surface area contributed by atoms with E-state index < -0.39 is 0 Å². The average molecular weight is 294 g/mol. The van der Waals surface area contributed by atoms with E-state index in [0.29, 0.717) is 5.88 Å². The van der Waals surface area contributed by atoms with Gasteiger partial charge >= 0.3 is 0 Å². The third-order valence-corrected chi connectivity index (χ3v) is 2.83. The zero-order chi connectivity index (χ0) is 12.3. The number of pyridine rings is 1. The van der Waals surface area contributed by atoms with Crippen molar-refractivity contribution in [1.82, 2.24) is 4.98 Å². The molecule has 0 bridgehead atoms. The molecule has 0 atom stereocenters. The Kier molecular flexibility index (Phi) is 3.76. The van der Waals surface area contributed by atoms with Gasteiger partial charge in [-0.05, 0) is 42.3 Å². The highest BCUT2D eigenvalue weighted by molar-refractivity contribution is 9.10. The largest absolute Gasteiger partial charge is 0.439 e. The van der Waals surface area contributed by atoms with E-state index in [9.17, 15) is 0 Å². The lowest BCUT2D eigenvalue weighted by Gasteiger charge is -2.08. The monoisotopic (exact) mass is 293 g/mol. The molecule has 2 rings (SSSR count). The fourth-order valence-electron chi connectivity index (χ4n) is 1.44. The predicted octanol–water partition coefficient (Wildman–Crippen LogP) is 3.44. The van der Waals surface area contributed by atoms with Crippen LogP contribution in [0, 0.1) is 6.92 Å². The Balaban J connectivity index is 2.25. The highest BCUT2D eigenvalue weighted by Crippen LogP contribution is 2.26. The number of hydrogen-bond donors (Lipinski definition) is 1. The van der Waals surface area contributed by atoms with Crippen molar-refractivity contribution in [2.45, 2.75) is 13.5 Å². The van der Waals surface area contributed by atoms with Gasteiger partial charge in [-0.2, -0.15) is 0 Å². The normalized spacial score (nSPS) is 10.3. The first kappa shape index (κ1) is 12.1. The molecule has 0 radical (unpaired) electrons. The van der Waals surface area contributed by atoms with Crippen molar-refractivity contribution in [2.24, 2.45) is 0 Å². The third kappa shape index (κ3) is 3.05. The number of aliphatic hydroxyl groups is 1. The number of nitrogens with zero attached hydrogens (tertiary/aromatic N) is 1. The van der Waals surface area contributed by atoms with Gasteiger partial charge in [0.05, 0.1) is 6.61 Å². The molecule has 0 aliphatic carbocycles. The van der Waals surface area contributed by atoms with E-state index in [4.69, 9.17) is 9.84 Å². The smallest absolute Gasteiger partial charge is 0.219 e. The van der Waals surface area contributed by atoms with Gasteiger partial charge in [-0.1, -0.05) is 15.9 Å². The van der Waals surface area contributed by atoms with Crippen molar-refractivity contribution in [2.75, 3.05) is 0 Å². The van der Waals surface area contributed by atoms with Gasteiger partial charge in [0.2, 0.25) is 5.88 Å². The molecule has 0 fully saturated rings. The van der Waals surface area contributed by atoms with Crippen LogP contribution in [0.5, 0.6) is 11.6 Å². The molecule has 4 heteroatoms. The molecule has 0 aliphatic rings. The minimum absolute atomic E-state index is 0.0157. The number of ether oxygens (including phenoxy) is 1. The maximum atomic E-state index is 9.03. The standard InChI is InChI=1S/C13H12BrNO2/c1-9-6-11(14)2-3-12(9)17-13-7-10(8-16)4-5-15-13/h2-7,16H,8H2,1H3. The molecule has 0 saturated heterocycles. The van der Waals surface area contributed by atoms with E-state index in [1.54, 1.807) is 18.3 Å². The highest BCUT2D eigenvalue weighted by Gasteiger charge is 2.03. The lowest BCUT2D eigenvalue weighted by molar-refractivity contribution is 0.281. The van der Waals surface area contributed by atoms with Gasteiger partial charge in [0, 0.05) is 16.7 Å². The summed E-state index contributed by atoms with van der Waals surface area (Å²) in [6.07, 6.45) is 1.62. The summed E-state index contributed by atoms with van der Waals surface area (Å²) in [6.45, 7) is 1.95. The van der Waals surface area contributed by atoms with Crippen LogP contribution in [-0.4, -0.2) is 10.1 Å². The fourth-order valence-corrected chi connectivity index (χ4v) is 1.92. The molecular formula is C13H12BrNO2. The number of hydrogen-bond acceptors (Lipinski definition) is 3. The van der Waals surface area contributed by atoms with Crippen LogP contribution in [0.15, 0.2) is 41.0 Å². The van der Waals surface area contributed by atoms with Crippen LogP contribution in [0.3, 0.4) is 0 Å². The molecule has 0 unspecified atom stereocenters. The maximum Gasteiger partial charge on any atom is 0.219 e. The SMILES string of the molecule is Cc1cc(Br)ccc1Oc1cc(CO)ccn1. The molecule has 0 saturated carbocycles. The number of aliphatic hydroxyl groups excluding tert-OH is 1. The zero-order valence-electron chi connectivity index (χ0n) is 9.35. The van der Waals surface area contributed by atoms with Crippen molar-refractivity contribution in [3.8, 4) is 11.6 Å². The lowest BCUT2D eigenvalue weighted by Crippen LogP contribution is -1.92.